The molecule has 2 heteroatoms. The third-order valence-corrected chi connectivity index (χ3v) is 4.56. The van der Waals surface area contributed by atoms with E-state index in [2.05, 4.69) is 13.8 Å². The van der Waals surface area contributed by atoms with E-state index in [9.17, 15) is 0 Å². The number of hydrogen-bond donors (Lipinski definition) is 1. The van der Waals surface area contributed by atoms with E-state index >= 15 is 0 Å². The molecule has 0 radical (unpaired) electrons. The predicted molar refractivity (Wildman–Crippen MR) is 86.2 cm³/mol. The van der Waals surface area contributed by atoms with E-state index in [1.165, 1.54) is 90.3 Å². The first-order chi connectivity index (χ1) is 9.86. The highest BCUT2D eigenvalue weighted by atomic mass is 15.1. The van der Waals surface area contributed by atoms with Crippen LogP contribution in [0.3, 0.4) is 0 Å². The Morgan fingerprint density at radius 2 is 1.50 bits per heavy atom. The van der Waals surface area contributed by atoms with Crippen molar-refractivity contribution in [3.63, 3.8) is 0 Å². The summed E-state index contributed by atoms with van der Waals surface area (Å²) >= 11 is 0. The monoisotopic (exact) mass is 280 g/mol. The molecule has 2 nitrogen and oxygen atoms in total. The van der Waals surface area contributed by atoms with Gasteiger partial charge in [-0.25, -0.2) is 0 Å². The molecule has 2 unspecified atom stereocenters. The van der Waals surface area contributed by atoms with Gasteiger partial charge in [-0.1, -0.05) is 58.8 Å². The van der Waals surface area contributed by atoms with Crippen molar-refractivity contribution in [1.82, 2.24) is 0 Å². The number of nitrogens with zero attached hydrogens (tertiary/aromatic N) is 1. The Kier molecular flexibility index (Phi) is 14.4. The predicted octanol–water partition coefficient (Wildman–Crippen LogP) is 3.93. The summed E-state index contributed by atoms with van der Waals surface area (Å²) in [6.07, 6.45) is 16.0. The lowest BCUT2D eigenvalue weighted by molar-refractivity contribution is -0.889. The van der Waals surface area contributed by atoms with Crippen LogP contribution in [0.2, 0.25) is 0 Å². The molecule has 118 valence electrons. The summed E-state index contributed by atoms with van der Waals surface area (Å²) in [4.78, 5) is 1.90. The first-order valence-electron chi connectivity index (χ1n) is 8.92. The molecular weight excluding hydrogens is 244 g/mol. The molecular formula is C18H36N2. The molecule has 0 aromatic carbocycles. The van der Waals surface area contributed by atoms with Gasteiger partial charge in [0.2, 0.25) is 0 Å². The summed E-state index contributed by atoms with van der Waals surface area (Å²) in [5, 5.41) is 6.25. The van der Waals surface area contributed by atoms with E-state index in [4.69, 9.17) is 11.8 Å². The third kappa shape index (κ3) is 10.3. The molecule has 0 spiro atoms. The summed E-state index contributed by atoms with van der Waals surface area (Å²) in [6, 6.07) is 0. The number of likely N-dealkylation sites (tertiary alicyclic amines) is 1. The molecule has 0 aliphatic carbocycles. The molecule has 1 heterocycles. The molecule has 0 aromatic rings. The van der Waals surface area contributed by atoms with E-state index in [1.807, 2.05) is 4.90 Å². The van der Waals surface area contributed by atoms with Gasteiger partial charge >= 0.3 is 0 Å². The second-order valence-electron chi connectivity index (χ2n) is 6.37. The fourth-order valence-corrected chi connectivity index (χ4v) is 3.41. The van der Waals surface area contributed by atoms with Crippen LogP contribution >= 0.6 is 0 Å². The van der Waals surface area contributed by atoms with E-state index in [0.29, 0.717) is 0 Å². The quantitative estimate of drug-likeness (QED) is 0.451. The highest BCUT2D eigenvalue weighted by Gasteiger charge is 2.24. The van der Waals surface area contributed by atoms with E-state index < -0.39 is 0 Å². The van der Waals surface area contributed by atoms with Crippen LogP contribution in [0.25, 0.3) is 0 Å². The molecule has 1 rings (SSSR count). The Hall–Kier alpha value is -0.550. The van der Waals surface area contributed by atoms with E-state index in [-0.39, 0.29) is 0 Å². The van der Waals surface area contributed by atoms with Crippen LogP contribution in [0, 0.1) is 17.8 Å². The number of nitrogens with one attached hydrogen (secondary N) is 1. The maximum absolute atomic E-state index is 6.25. The van der Waals surface area contributed by atoms with Crippen LogP contribution in [0.4, 0.5) is 0 Å². The molecule has 1 fully saturated rings. The molecule has 1 N–H and O–H groups in total. The van der Waals surface area contributed by atoms with Crippen LogP contribution in [-0.4, -0.2) is 19.6 Å². The molecule has 0 bridgehead atoms. The number of hydrogen-bond acceptors (Lipinski definition) is 1. The minimum atomic E-state index is 1.05. The zero-order valence-electron chi connectivity index (χ0n) is 13.9. The van der Waals surface area contributed by atoms with Crippen molar-refractivity contribution in [2.75, 3.05) is 19.6 Å². The molecule has 1 saturated heterocycles. The van der Waals surface area contributed by atoms with E-state index in [1.54, 1.807) is 0 Å². The Balaban J connectivity index is 0.00000172. The Morgan fingerprint density at radius 1 is 0.900 bits per heavy atom. The van der Waals surface area contributed by atoms with Gasteiger partial charge in [0.1, 0.15) is 0 Å². The summed E-state index contributed by atoms with van der Waals surface area (Å²) in [5.74, 6) is 1.05. The second-order valence-corrected chi connectivity index (χ2v) is 6.37. The minimum Gasteiger partial charge on any atom is -0.512 e. The van der Waals surface area contributed by atoms with Crippen molar-refractivity contribution < 1.29 is 4.90 Å². The highest BCUT2D eigenvalue weighted by molar-refractivity contribution is 4.61. The van der Waals surface area contributed by atoms with Crippen molar-refractivity contribution in [3.8, 4) is 0 Å². The van der Waals surface area contributed by atoms with Crippen molar-refractivity contribution in [1.29, 1.82) is 5.26 Å². The van der Waals surface area contributed by atoms with Crippen LogP contribution in [0.15, 0.2) is 0 Å². The standard InChI is InChI=1S/C17H35N.CN/c1-3-5-6-7-8-9-10-11-14-18-15-13-17(16-18)12-4-2;1-2/h17H,3-16H2,1-2H3;/q;-1/p+1. The van der Waals surface area contributed by atoms with Gasteiger partial charge < -0.3 is 16.7 Å². The van der Waals surface area contributed by atoms with Crippen LogP contribution < -0.4 is 4.90 Å². The molecule has 20 heavy (non-hydrogen) atoms. The van der Waals surface area contributed by atoms with Crippen molar-refractivity contribution in [3.05, 3.63) is 6.57 Å². The molecule has 0 amide bonds. The number of quaternary nitrogens is 1. The third-order valence-electron chi connectivity index (χ3n) is 4.56. The van der Waals surface area contributed by atoms with Gasteiger partial charge in [-0.05, 0) is 19.3 Å². The zero-order chi connectivity index (χ0) is 15.1. The number of rotatable bonds is 11. The second kappa shape index (κ2) is 14.9. The van der Waals surface area contributed by atoms with Crippen molar-refractivity contribution >= 4 is 0 Å². The highest BCUT2D eigenvalue weighted by Crippen LogP contribution is 2.11. The van der Waals surface area contributed by atoms with Gasteiger partial charge in [0.25, 0.3) is 0 Å². The average Bonchev–Trinajstić information content (AvgIpc) is 2.92. The maximum atomic E-state index is 6.25. The van der Waals surface area contributed by atoms with E-state index in [0.717, 1.165) is 5.92 Å². The van der Waals surface area contributed by atoms with Gasteiger partial charge in [0.15, 0.2) is 0 Å². The fraction of sp³-hybridized carbons (Fsp3) is 0.944. The lowest BCUT2D eigenvalue weighted by Crippen LogP contribution is -3.10. The minimum absolute atomic E-state index is 1.05. The summed E-state index contributed by atoms with van der Waals surface area (Å²) in [7, 11) is 0. The van der Waals surface area contributed by atoms with Gasteiger partial charge in [0.05, 0.1) is 19.6 Å². The zero-order valence-corrected chi connectivity index (χ0v) is 13.9. The topological polar surface area (TPSA) is 28.2 Å². The van der Waals surface area contributed by atoms with Gasteiger partial charge in [0, 0.05) is 12.3 Å². The normalized spacial score (nSPS) is 21.4. The number of unbranched alkanes of at least 4 members (excludes halogenated alkanes) is 7. The van der Waals surface area contributed by atoms with Crippen LogP contribution in [0.5, 0.6) is 0 Å². The Morgan fingerprint density at radius 3 is 2.10 bits per heavy atom. The molecule has 1 aliphatic rings. The smallest absolute Gasteiger partial charge is 0.0801 e. The van der Waals surface area contributed by atoms with Gasteiger partial charge in [-0.2, -0.15) is 0 Å². The Bertz CT molecular complexity index is 213. The average molecular weight is 280 g/mol. The van der Waals surface area contributed by atoms with Gasteiger partial charge in [-0.3, -0.25) is 0 Å². The fourth-order valence-electron chi connectivity index (χ4n) is 3.41. The molecule has 2 atom stereocenters. The summed E-state index contributed by atoms with van der Waals surface area (Å²) < 4.78 is 0. The lowest BCUT2D eigenvalue weighted by atomic mass is 10.0. The molecule has 0 saturated carbocycles. The van der Waals surface area contributed by atoms with Crippen LogP contribution in [-0.2, 0) is 0 Å². The first-order valence-corrected chi connectivity index (χ1v) is 8.92. The first kappa shape index (κ1) is 19.4. The molecule has 0 aromatic heterocycles. The lowest BCUT2D eigenvalue weighted by Gasteiger charge is -2.13. The maximum Gasteiger partial charge on any atom is 0.0801 e. The van der Waals surface area contributed by atoms with Crippen molar-refractivity contribution in [2.24, 2.45) is 5.92 Å². The summed E-state index contributed by atoms with van der Waals surface area (Å²) in [5.41, 5.74) is 0. The van der Waals surface area contributed by atoms with Gasteiger partial charge in [-0.15, -0.1) is 0 Å². The van der Waals surface area contributed by atoms with Crippen LogP contribution in [0.1, 0.15) is 84.5 Å². The summed E-state index contributed by atoms with van der Waals surface area (Å²) in [6.45, 7) is 13.8. The largest absolute Gasteiger partial charge is 0.512 e. The molecule has 1 aliphatic heterocycles. The van der Waals surface area contributed by atoms with Crippen molar-refractivity contribution in [2.45, 2.75) is 84.5 Å². The Labute approximate surface area is 127 Å². The SMILES string of the molecule is CCCCCCCCCC[NH+]1CCC(CCC)C1.[C-]#N.